The Morgan fingerprint density at radius 1 is 1.35 bits per heavy atom. The summed E-state index contributed by atoms with van der Waals surface area (Å²) in [6.45, 7) is 7.28. The van der Waals surface area contributed by atoms with Gasteiger partial charge in [0.25, 0.3) is 0 Å². The minimum atomic E-state index is -0.776. The van der Waals surface area contributed by atoms with Crippen LogP contribution in [0.15, 0.2) is 12.1 Å². The molecule has 0 bridgehead atoms. The van der Waals surface area contributed by atoms with Gasteiger partial charge < -0.3 is 15.6 Å². The molecule has 94 valence electrons. The van der Waals surface area contributed by atoms with Crippen molar-refractivity contribution in [3.05, 3.63) is 28.8 Å². The van der Waals surface area contributed by atoms with Gasteiger partial charge in [0.1, 0.15) is 11.4 Å². The van der Waals surface area contributed by atoms with E-state index in [9.17, 15) is 9.90 Å². The molecule has 0 aliphatic carbocycles. The van der Waals surface area contributed by atoms with Crippen LogP contribution in [-0.4, -0.2) is 16.8 Å². The number of carbonyl (C=O) groups excluding carboxylic acids is 1. The molecule has 0 saturated carbocycles. The van der Waals surface area contributed by atoms with E-state index in [1.165, 1.54) is 0 Å². The van der Waals surface area contributed by atoms with Crippen molar-refractivity contribution < 1.29 is 14.6 Å². The zero-order chi connectivity index (χ0) is 13.2. The Bertz CT molecular complexity index is 415. The second-order valence-corrected chi connectivity index (χ2v) is 4.94. The molecule has 0 radical (unpaired) electrons. The van der Waals surface area contributed by atoms with E-state index in [0.29, 0.717) is 12.2 Å². The van der Waals surface area contributed by atoms with E-state index in [2.05, 4.69) is 0 Å². The van der Waals surface area contributed by atoms with Gasteiger partial charge in [-0.15, -0.1) is 0 Å². The van der Waals surface area contributed by atoms with Gasteiger partial charge in [0.15, 0.2) is 0 Å². The maximum atomic E-state index is 10.8. The lowest BCUT2D eigenvalue weighted by Crippen LogP contribution is -2.33. The first-order valence-electron chi connectivity index (χ1n) is 5.49. The number of aryl methyl sites for hydroxylation is 2. The highest BCUT2D eigenvalue weighted by molar-refractivity contribution is 5.65. The molecule has 0 atom stereocenters. The Morgan fingerprint density at radius 3 is 2.24 bits per heavy atom. The predicted octanol–water partition coefficient (Wildman–Crippen LogP) is 2.43. The first kappa shape index (κ1) is 13.4. The van der Waals surface area contributed by atoms with Crippen molar-refractivity contribution in [2.24, 2.45) is 5.73 Å². The van der Waals surface area contributed by atoms with Crippen molar-refractivity contribution in [1.29, 1.82) is 0 Å². The third-order valence-electron chi connectivity index (χ3n) is 2.56. The summed E-state index contributed by atoms with van der Waals surface area (Å²) in [5, 5.41) is 9.67. The van der Waals surface area contributed by atoms with E-state index >= 15 is 0 Å². The molecule has 0 saturated heterocycles. The highest BCUT2D eigenvalue weighted by Gasteiger charge is 2.22. The molecule has 3 N–H and O–H groups in total. The van der Waals surface area contributed by atoms with Crippen LogP contribution in [0.5, 0.6) is 5.75 Å². The van der Waals surface area contributed by atoms with E-state index in [-0.39, 0.29) is 0 Å². The number of rotatable bonds is 3. The van der Waals surface area contributed by atoms with Crippen LogP contribution < -0.4 is 5.73 Å². The van der Waals surface area contributed by atoms with Gasteiger partial charge in [-0.05, 0) is 44.4 Å². The average molecular weight is 237 g/mol. The maximum absolute atomic E-state index is 10.8. The van der Waals surface area contributed by atoms with Gasteiger partial charge in [-0.25, -0.2) is 4.79 Å². The van der Waals surface area contributed by atoms with Crippen molar-refractivity contribution in [2.75, 3.05) is 0 Å². The summed E-state index contributed by atoms with van der Waals surface area (Å²) >= 11 is 0. The van der Waals surface area contributed by atoms with Gasteiger partial charge in [-0.3, -0.25) is 0 Å². The third kappa shape index (κ3) is 3.66. The Labute approximate surface area is 101 Å². The van der Waals surface area contributed by atoms with Crippen molar-refractivity contribution >= 4 is 6.09 Å². The van der Waals surface area contributed by atoms with Crippen LogP contribution in [0.2, 0.25) is 0 Å². The minimum absolute atomic E-state index is 0.308. The van der Waals surface area contributed by atoms with Crippen LogP contribution in [0.4, 0.5) is 4.79 Å². The summed E-state index contributed by atoms with van der Waals surface area (Å²) in [4.78, 5) is 10.8. The topological polar surface area (TPSA) is 72.5 Å². The van der Waals surface area contributed by atoms with Crippen molar-refractivity contribution in [2.45, 2.75) is 39.7 Å². The molecule has 0 aromatic heterocycles. The average Bonchev–Trinajstić information content (AvgIpc) is 2.10. The van der Waals surface area contributed by atoms with E-state index in [4.69, 9.17) is 10.5 Å². The molecule has 4 heteroatoms. The number of amides is 1. The SMILES string of the molecule is Cc1cc(CC(C)(C)OC(N)=O)cc(C)c1O. The predicted molar refractivity (Wildman–Crippen MR) is 66.0 cm³/mol. The largest absolute Gasteiger partial charge is 0.507 e. The highest BCUT2D eigenvalue weighted by atomic mass is 16.6. The molecule has 1 rings (SSSR count). The van der Waals surface area contributed by atoms with Gasteiger partial charge in [-0.1, -0.05) is 12.1 Å². The van der Waals surface area contributed by atoms with E-state index < -0.39 is 11.7 Å². The highest BCUT2D eigenvalue weighted by Crippen LogP contribution is 2.26. The number of hydrogen-bond donors (Lipinski definition) is 2. The molecular weight excluding hydrogens is 218 g/mol. The normalized spacial score (nSPS) is 11.3. The van der Waals surface area contributed by atoms with Crippen LogP contribution in [-0.2, 0) is 11.2 Å². The number of hydrogen-bond acceptors (Lipinski definition) is 3. The summed E-state index contributed by atoms with van der Waals surface area (Å²) in [6, 6.07) is 3.77. The number of nitrogens with two attached hydrogens (primary N) is 1. The number of aromatic hydroxyl groups is 1. The van der Waals surface area contributed by atoms with Crippen LogP contribution >= 0.6 is 0 Å². The Hall–Kier alpha value is -1.71. The second kappa shape index (κ2) is 4.65. The molecule has 1 aromatic carbocycles. The van der Waals surface area contributed by atoms with Crippen LogP contribution in [0.3, 0.4) is 0 Å². The summed E-state index contributed by atoms with van der Waals surface area (Å²) < 4.78 is 5.03. The minimum Gasteiger partial charge on any atom is -0.507 e. The van der Waals surface area contributed by atoms with Gasteiger partial charge in [-0.2, -0.15) is 0 Å². The number of ether oxygens (including phenoxy) is 1. The van der Waals surface area contributed by atoms with Crippen molar-refractivity contribution in [3.8, 4) is 5.75 Å². The monoisotopic (exact) mass is 237 g/mol. The summed E-state index contributed by atoms with van der Waals surface area (Å²) in [5.41, 5.74) is 7.00. The quantitative estimate of drug-likeness (QED) is 0.848. The zero-order valence-corrected chi connectivity index (χ0v) is 10.7. The second-order valence-electron chi connectivity index (χ2n) is 4.94. The van der Waals surface area contributed by atoms with Gasteiger partial charge in [0, 0.05) is 6.42 Å². The van der Waals surface area contributed by atoms with Crippen molar-refractivity contribution in [1.82, 2.24) is 0 Å². The first-order chi connectivity index (χ1) is 7.71. The lowest BCUT2D eigenvalue weighted by molar-refractivity contribution is 0.0460. The van der Waals surface area contributed by atoms with Gasteiger partial charge in [0.2, 0.25) is 0 Å². The van der Waals surface area contributed by atoms with E-state index in [0.717, 1.165) is 16.7 Å². The fraction of sp³-hybridized carbons (Fsp3) is 0.462. The molecule has 0 aliphatic rings. The zero-order valence-electron chi connectivity index (χ0n) is 10.7. The number of carbonyl (C=O) groups is 1. The summed E-state index contributed by atoms with van der Waals surface area (Å²) in [5.74, 6) is 0.308. The third-order valence-corrected chi connectivity index (χ3v) is 2.56. The molecule has 0 spiro atoms. The maximum Gasteiger partial charge on any atom is 0.405 e. The van der Waals surface area contributed by atoms with E-state index in [1.54, 1.807) is 13.8 Å². The van der Waals surface area contributed by atoms with Crippen LogP contribution in [0.1, 0.15) is 30.5 Å². The Morgan fingerprint density at radius 2 is 1.82 bits per heavy atom. The number of phenols is 1. The molecule has 0 fully saturated rings. The number of phenolic OH excluding ortho intramolecular Hbond substituents is 1. The first-order valence-corrected chi connectivity index (χ1v) is 5.49. The standard InChI is InChI=1S/C13H19NO3/c1-8-5-10(6-9(2)11(8)15)7-13(3,4)17-12(14)16/h5-6,15H,7H2,1-4H3,(H2,14,16). The molecule has 4 nitrogen and oxygen atoms in total. The molecule has 0 heterocycles. The van der Waals surface area contributed by atoms with Gasteiger partial charge in [0.05, 0.1) is 0 Å². The fourth-order valence-electron chi connectivity index (χ4n) is 1.95. The van der Waals surface area contributed by atoms with Crippen LogP contribution in [0.25, 0.3) is 0 Å². The molecule has 17 heavy (non-hydrogen) atoms. The summed E-state index contributed by atoms with van der Waals surface area (Å²) in [6.07, 6.45) is -0.222. The molecule has 1 aromatic rings. The summed E-state index contributed by atoms with van der Waals surface area (Å²) in [7, 11) is 0. The molecule has 0 unspecified atom stereocenters. The lowest BCUT2D eigenvalue weighted by Gasteiger charge is -2.24. The van der Waals surface area contributed by atoms with Crippen LogP contribution in [0, 0.1) is 13.8 Å². The molecule has 1 amide bonds. The Balaban J connectivity index is 2.92. The lowest BCUT2D eigenvalue weighted by atomic mass is 9.95. The van der Waals surface area contributed by atoms with E-state index in [1.807, 2.05) is 26.0 Å². The van der Waals surface area contributed by atoms with Gasteiger partial charge >= 0.3 is 6.09 Å². The molecule has 0 aliphatic heterocycles. The molecular formula is C13H19NO3. The fourth-order valence-corrected chi connectivity index (χ4v) is 1.95. The van der Waals surface area contributed by atoms with Crippen molar-refractivity contribution in [3.63, 3.8) is 0 Å². The number of primary amides is 1. The smallest absolute Gasteiger partial charge is 0.405 e. The Kier molecular flexibility index (Phi) is 3.66. The number of benzene rings is 1.